The minimum Gasteiger partial charge on any atom is -0.378 e. The Labute approximate surface area is 115 Å². The Balaban J connectivity index is 1.82. The van der Waals surface area contributed by atoms with Gasteiger partial charge in [-0.3, -0.25) is 4.68 Å². The molecule has 0 aliphatic carbocycles. The molecule has 0 unspecified atom stereocenters. The number of aryl methyl sites for hydroxylation is 1. The number of aromatic nitrogens is 5. The highest BCUT2D eigenvalue weighted by molar-refractivity contribution is 5.50. The molecule has 1 fully saturated rings. The summed E-state index contributed by atoms with van der Waals surface area (Å²) < 4.78 is 7.00. The number of morpholine rings is 1. The monoisotopic (exact) mass is 276 g/mol. The van der Waals surface area contributed by atoms with Gasteiger partial charge in [0, 0.05) is 32.4 Å². The molecule has 1 saturated heterocycles. The van der Waals surface area contributed by atoms with Gasteiger partial charge in [0.1, 0.15) is 0 Å². The zero-order valence-corrected chi connectivity index (χ0v) is 11.2. The number of hydrogen-bond donors (Lipinski definition) is 2. The Morgan fingerprint density at radius 2 is 2.05 bits per heavy atom. The maximum Gasteiger partial charge on any atom is 0.235 e. The lowest BCUT2D eigenvalue weighted by Crippen LogP contribution is -2.37. The highest BCUT2D eigenvalue weighted by atomic mass is 16.5. The second kappa shape index (κ2) is 5.29. The highest BCUT2D eigenvalue weighted by Gasteiger charge is 2.16. The minimum absolute atomic E-state index is 0.180. The van der Waals surface area contributed by atoms with Crippen LogP contribution in [0.4, 0.5) is 23.7 Å². The third kappa shape index (κ3) is 2.77. The molecule has 20 heavy (non-hydrogen) atoms. The van der Waals surface area contributed by atoms with E-state index in [1.807, 2.05) is 24.2 Å². The smallest absolute Gasteiger partial charge is 0.235 e. The van der Waals surface area contributed by atoms with E-state index in [9.17, 15) is 0 Å². The lowest BCUT2D eigenvalue weighted by molar-refractivity contribution is 0.122. The number of rotatable bonds is 3. The topological polar surface area (TPSA) is 107 Å². The highest BCUT2D eigenvalue weighted by Crippen LogP contribution is 2.16. The predicted molar refractivity (Wildman–Crippen MR) is 73.8 cm³/mol. The Kier molecular flexibility index (Phi) is 3.33. The molecular formula is C11H16N8O. The van der Waals surface area contributed by atoms with Crippen LogP contribution in [0.1, 0.15) is 0 Å². The summed E-state index contributed by atoms with van der Waals surface area (Å²) in [6.45, 7) is 2.81. The molecule has 0 atom stereocenters. The van der Waals surface area contributed by atoms with E-state index in [4.69, 9.17) is 10.5 Å². The molecule has 3 N–H and O–H groups in total. The van der Waals surface area contributed by atoms with Crippen LogP contribution in [-0.4, -0.2) is 51.0 Å². The minimum atomic E-state index is 0.180. The molecule has 0 bridgehead atoms. The van der Waals surface area contributed by atoms with Crippen molar-refractivity contribution in [2.24, 2.45) is 7.05 Å². The van der Waals surface area contributed by atoms with Crippen LogP contribution >= 0.6 is 0 Å². The number of nitrogens with two attached hydrogens (primary N) is 1. The van der Waals surface area contributed by atoms with Crippen molar-refractivity contribution in [3.63, 3.8) is 0 Å². The maximum absolute atomic E-state index is 5.74. The standard InChI is InChI=1S/C11H16N8O/c1-18-3-2-8(17-18)13-10-14-9(12)15-11(16-10)19-4-6-20-7-5-19/h2-3H,4-7H2,1H3,(H3,12,13,14,15,16,17). The fourth-order valence-electron chi connectivity index (χ4n) is 1.94. The molecule has 0 radical (unpaired) electrons. The van der Waals surface area contributed by atoms with Gasteiger partial charge in [0.15, 0.2) is 5.82 Å². The Morgan fingerprint density at radius 3 is 2.75 bits per heavy atom. The number of nitrogens with zero attached hydrogens (tertiary/aromatic N) is 6. The molecule has 1 aliphatic heterocycles. The molecule has 2 aromatic rings. The van der Waals surface area contributed by atoms with Crippen LogP contribution in [-0.2, 0) is 11.8 Å². The first-order valence-corrected chi connectivity index (χ1v) is 6.31. The first-order valence-electron chi connectivity index (χ1n) is 6.31. The molecule has 0 amide bonds. The van der Waals surface area contributed by atoms with Gasteiger partial charge in [0.25, 0.3) is 0 Å². The normalized spacial score (nSPS) is 15.3. The van der Waals surface area contributed by atoms with E-state index in [0.717, 1.165) is 13.1 Å². The van der Waals surface area contributed by atoms with Crippen LogP contribution in [0.25, 0.3) is 0 Å². The molecule has 9 nitrogen and oxygen atoms in total. The SMILES string of the molecule is Cn1ccc(Nc2nc(N)nc(N3CCOCC3)n2)n1. The summed E-state index contributed by atoms with van der Waals surface area (Å²) in [4.78, 5) is 14.6. The zero-order valence-electron chi connectivity index (χ0n) is 11.2. The van der Waals surface area contributed by atoms with E-state index >= 15 is 0 Å². The average Bonchev–Trinajstić information content (AvgIpc) is 2.84. The second-order valence-electron chi connectivity index (χ2n) is 4.42. The first kappa shape index (κ1) is 12.6. The van der Waals surface area contributed by atoms with Gasteiger partial charge in [-0.25, -0.2) is 0 Å². The summed E-state index contributed by atoms with van der Waals surface area (Å²) in [6, 6.07) is 1.83. The van der Waals surface area contributed by atoms with Gasteiger partial charge in [-0.1, -0.05) is 0 Å². The fourth-order valence-corrected chi connectivity index (χ4v) is 1.94. The van der Waals surface area contributed by atoms with E-state index in [1.165, 1.54) is 0 Å². The number of ether oxygens (including phenoxy) is 1. The molecule has 0 aromatic carbocycles. The zero-order chi connectivity index (χ0) is 13.9. The maximum atomic E-state index is 5.74. The molecular weight excluding hydrogens is 260 g/mol. The third-order valence-corrected chi connectivity index (χ3v) is 2.89. The second-order valence-corrected chi connectivity index (χ2v) is 4.42. The molecule has 2 aromatic heterocycles. The predicted octanol–water partition coefficient (Wildman–Crippen LogP) is -0.233. The quantitative estimate of drug-likeness (QED) is 0.791. The van der Waals surface area contributed by atoms with Gasteiger partial charge in [-0.15, -0.1) is 0 Å². The van der Waals surface area contributed by atoms with Crippen molar-refractivity contribution in [1.82, 2.24) is 24.7 Å². The molecule has 3 heterocycles. The lowest BCUT2D eigenvalue weighted by Gasteiger charge is -2.26. The fraction of sp³-hybridized carbons (Fsp3) is 0.455. The van der Waals surface area contributed by atoms with E-state index in [0.29, 0.717) is 30.9 Å². The van der Waals surface area contributed by atoms with Crippen molar-refractivity contribution in [2.45, 2.75) is 0 Å². The summed E-state index contributed by atoms with van der Waals surface area (Å²) in [5, 5.41) is 7.22. The summed E-state index contributed by atoms with van der Waals surface area (Å²) in [6.07, 6.45) is 1.83. The Morgan fingerprint density at radius 1 is 1.25 bits per heavy atom. The lowest BCUT2D eigenvalue weighted by atomic mass is 10.4. The number of nitrogens with one attached hydrogen (secondary N) is 1. The van der Waals surface area contributed by atoms with E-state index in [2.05, 4.69) is 25.4 Å². The van der Waals surface area contributed by atoms with Crippen LogP contribution in [0.2, 0.25) is 0 Å². The van der Waals surface area contributed by atoms with E-state index in [-0.39, 0.29) is 5.95 Å². The van der Waals surface area contributed by atoms with Crippen LogP contribution in [0, 0.1) is 0 Å². The van der Waals surface area contributed by atoms with Gasteiger partial charge < -0.3 is 20.7 Å². The van der Waals surface area contributed by atoms with Crippen molar-refractivity contribution in [3.05, 3.63) is 12.3 Å². The summed E-state index contributed by atoms with van der Waals surface area (Å²) in [7, 11) is 1.84. The van der Waals surface area contributed by atoms with Crippen molar-refractivity contribution < 1.29 is 4.74 Å². The van der Waals surface area contributed by atoms with Crippen molar-refractivity contribution in [3.8, 4) is 0 Å². The average molecular weight is 276 g/mol. The van der Waals surface area contributed by atoms with Gasteiger partial charge in [0.2, 0.25) is 17.8 Å². The molecule has 9 heteroatoms. The van der Waals surface area contributed by atoms with Gasteiger partial charge in [0.05, 0.1) is 13.2 Å². The van der Waals surface area contributed by atoms with Crippen molar-refractivity contribution in [1.29, 1.82) is 0 Å². The Bertz CT molecular complexity index is 592. The summed E-state index contributed by atoms with van der Waals surface area (Å²) >= 11 is 0. The third-order valence-electron chi connectivity index (χ3n) is 2.89. The Hall–Kier alpha value is -2.42. The van der Waals surface area contributed by atoms with Gasteiger partial charge >= 0.3 is 0 Å². The largest absolute Gasteiger partial charge is 0.378 e. The molecule has 1 aliphatic rings. The van der Waals surface area contributed by atoms with Gasteiger partial charge in [-0.2, -0.15) is 20.1 Å². The van der Waals surface area contributed by atoms with Crippen LogP contribution in [0.5, 0.6) is 0 Å². The van der Waals surface area contributed by atoms with Crippen LogP contribution in [0.15, 0.2) is 12.3 Å². The van der Waals surface area contributed by atoms with E-state index in [1.54, 1.807) is 4.68 Å². The van der Waals surface area contributed by atoms with Crippen LogP contribution in [0.3, 0.4) is 0 Å². The molecule has 0 spiro atoms. The van der Waals surface area contributed by atoms with Crippen LogP contribution < -0.4 is 16.0 Å². The number of hydrogen-bond acceptors (Lipinski definition) is 8. The van der Waals surface area contributed by atoms with Gasteiger partial charge in [-0.05, 0) is 0 Å². The van der Waals surface area contributed by atoms with E-state index < -0.39 is 0 Å². The number of nitrogen functional groups attached to an aromatic ring is 1. The van der Waals surface area contributed by atoms with Crippen molar-refractivity contribution in [2.75, 3.05) is 42.3 Å². The molecule has 106 valence electrons. The molecule has 3 rings (SSSR count). The summed E-state index contributed by atoms with van der Waals surface area (Å²) in [5.74, 6) is 1.78. The first-order chi connectivity index (χ1) is 9.70. The van der Waals surface area contributed by atoms with Crippen molar-refractivity contribution >= 4 is 23.7 Å². The summed E-state index contributed by atoms with van der Waals surface area (Å²) in [5.41, 5.74) is 5.74. The number of anilines is 4. The molecule has 0 saturated carbocycles.